The minimum atomic E-state index is -3.49. The highest BCUT2D eigenvalue weighted by Gasteiger charge is 2.23. The summed E-state index contributed by atoms with van der Waals surface area (Å²) in [5, 5.41) is 0. The van der Waals surface area contributed by atoms with E-state index in [1.54, 1.807) is 20.1 Å². The van der Waals surface area contributed by atoms with Gasteiger partial charge in [0.2, 0.25) is 10.0 Å². The molecule has 0 saturated heterocycles. The van der Waals surface area contributed by atoms with Gasteiger partial charge >= 0.3 is 0 Å². The first-order valence-electron chi connectivity index (χ1n) is 5.47. The summed E-state index contributed by atoms with van der Waals surface area (Å²) in [6.07, 6.45) is 0. The smallest absolute Gasteiger partial charge is 0.243 e. The van der Waals surface area contributed by atoms with Gasteiger partial charge in [0.05, 0.1) is 11.5 Å². The number of sulfonamides is 1. The van der Waals surface area contributed by atoms with Crippen molar-refractivity contribution in [2.45, 2.75) is 11.8 Å². The van der Waals surface area contributed by atoms with Gasteiger partial charge in [-0.3, -0.25) is 0 Å². The minimum absolute atomic E-state index is 0.224. The van der Waals surface area contributed by atoms with Crippen LogP contribution in [0.25, 0.3) is 0 Å². The Morgan fingerprint density at radius 2 is 2.11 bits per heavy atom. The van der Waals surface area contributed by atoms with Gasteiger partial charge in [-0.1, -0.05) is 6.92 Å². The summed E-state index contributed by atoms with van der Waals surface area (Å²) < 4.78 is 31.5. The first-order chi connectivity index (χ1) is 8.43. The van der Waals surface area contributed by atoms with Gasteiger partial charge in [-0.05, 0) is 34.1 Å². The van der Waals surface area contributed by atoms with Crippen molar-refractivity contribution in [3.8, 4) is 0 Å². The largest absolute Gasteiger partial charge is 0.398 e. The van der Waals surface area contributed by atoms with Crippen LogP contribution in [0.5, 0.6) is 0 Å². The monoisotopic (exact) mass is 336 g/mol. The van der Waals surface area contributed by atoms with Gasteiger partial charge in [0.1, 0.15) is 0 Å². The zero-order chi connectivity index (χ0) is 13.8. The van der Waals surface area contributed by atoms with E-state index < -0.39 is 10.0 Å². The minimum Gasteiger partial charge on any atom is -0.398 e. The lowest BCUT2D eigenvalue weighted by molar-refractivity contribution is 0.180. The third-order valence-corrected chi connectivity index (χ3v) is 5.16. The Morgan fingerprint density at radius 3 is 2.61 bits per heavy atom. The van der Waals surface area contributed by atoms with Crippen LogP contribution in [0, 0.1) is 0 Å². The molecule has 7 heteroatoms. The van der Waals surface area contributed by atoms with Crippen LogP contribution in [0.2, 0.25) is 0 Å². The number of anilines is 1. The molecule has 0 fully saturated rings. The van der Waals surface area contributed by atoms with Gasteiger partial charge in [0.25, 0.3) is 0 Å². The van der Waals surface area contributed by atoms with Gasteiger partial charge in [-0.25, -0.2) is 8.42 Å². The number of halogens is 1. The molecular formula is C11H17BrN2O3S. The topological polar surface area (TPSA) is 72.6 Å². The van der Waals surface area contributed by atoms with Crippen LogP contribution in [0.3, 0.4) is 0 Å². The fourth-order valence-corrected chi connectivity index (χ4v) is 3.45. The molecule has 0 aliphatic carbocycles. The van der Waals surface area contributed by atoms with Crippen LogP contribution in [0.1, 0.15) is 6.92 Å². The summed E-state index contributed by atoms with van der Waals surface area (Å²) >= 11 is 3.23. The van der Waals surface area contributed by atoms with Crippen molar-refractivity contribution in [2.24, 2.45) is 0 Å². The number of ether oxygens (including phenoxy) is 1. The molecule has 0 bridgehead atoms. The van der Waals surface area contributed by atoms with Gasteiger partial charge in [0.15, 0.2) is 0 Å². The maximum absolute atomic E-state index is 12.3. The number of methoxy groups -OCH3 is 1. The molecule has 0 aliphatic rings. The lowest BCUT2D eigenvalue weighted by Crippen LogP contribution is -2.33. The van der Waals surface area contributed by atoms with Crippen LogP contribution in [-0.2, 0) is 14.8 Å². The molecule has 1 rings (SSSR count). The molecule has 18 heavy (non-hydrogen) atoms. The van der Waals surface area contributed by atoms with Crippen LogP contribution >= 0.6 is 15.9 Å². The molecule has 0 saturated carbocycles. The number of rotatable bonds is 6. The molecule has 1 aromatic rings. The molecule has 2 N–H and O–H groups in total. The second-order valence-electron chi connectivity index (χ2n) is 3.67. The highest BCUT2D eigenvalue weighted by Crippen LogP contribution is 2.24. The van der Waals surface area contributed by atoms with E-state index in [0.717, 1.165) is 0 Å². The van der Waals surface area contributed by atoms with Gasteiger partial charge < -0.3 is 10.5 Å². The quantitative estimate of drug-likeness (QED) is 0.802. The number of nitrogens with zero attached hydrogens (tertiary/aromatic N) is 1. The van der Waals surface area contributed by atoms with Crippen molar-refractivity contribution in [3.05, 3.63) is 22.7 Å². The normalized spacial score (nSPS) is 12.0. The summed E-state index contributed by atoms with van der Waals surface area (Å²) in [6, 6.07) is 4.59. The molecule has 0 heterocycles. The van der Waals surface area contributed by atoms with E-state index in [4.69, 9.17) is 10.5 Å². The molecule has 0 aromatic heterocycles. The Kier molecular flexibility index (Phi) is 5.58. The number of hydrogen-bond donors (Lipinski definition) is 1. The van der Waals surface area contributed by atoms with E-state index in [2.05, 4.69) is 15.9 Å². The Bertz CT molecular complexity index is 505. The zero-order valence-electron chi connectivity index (χ0n) is 10.4. The predicted molar refractivity (Wildman–Crippen MR) is 74.9 cm³/mol. The molecular weight excluding hydrogens is 320 g/mol. The number of nitrogens with two attached hydrogens (primary N) is 1. The average molecular weight is 337 g/mol. The molecule has 0 atom stereocenters. The maximum atomic E-state index is 12.3. The number of likely N-dealkylation sites (N-methyl/N-ethyl adjacent to an activating group) is 1. The van der Waals surface area contributed by atoms with Gasteiger partial charge in [-0.15, -0.1) is 0 Å². The molecule has 1 aromatic carbocycles. The van der Waals surface area contributed by atoms with Crippen LogP contribution in [0.4, 0.5) is 5.69 Å². The SMILES string of the molecule is CCN(CCOC)S(=O)(=O)c1ccc(N)c(Br)c1. The van der Waals surface area contributed by atoms with Crippen LogP contribution in [0.15, 0.2) is 27.6 Å². The molecule has 0 amide bonds. The molecule has 5 nitrogen and oxygen atoms in total. The van der Waals surface area contributed by atoms with Gasteiger partial charge in [0, 0.05) is 30.4 Å². The van der Waals surface area contributed by atoms with Crippen molar-refractivity contribution in [3.63, 3.8) is 0 Å². The standard InChI is InChI=1S/C11H17BrN2O3S/c1-3-14(6-7-17-2)18(15,16)9-4-5-11(13)10(12)8-9/h4-5,8H,3,6-7,13H2,1-2H3. The first kappa shape index (κ1) is 15.4. The number of hydrogen-bond acceptors (Lipinski definition) is 4. The Balaban J connectivity index is 3.06. The van der Waals surface area contributed by atoms with E-state index in [1.807, 2.05) is 0 Å². The molecule has 0 spiro atoms. The highest BCUT2D eigenvalue weighted by molar-refractivity contribution is 9.10. The van der Waals surface area contributed by atoms with Crippen molar-refractivity contribution in [1.82, 2.24) is 4.31 Å². The molecule has 0 aliphatic heterocycles. The van der Waals surface area contributed by atoms with Crippen molar-refractivity contribution < 1.29 is 13.2 Å². The van der Waals surface area contributed by atoms with Crippen LogP contribution in [-0.4, -0.2) is 39.5 Å². The summed E-state index contributed by atoms with van der Waals surface area (Å²) in [5.41, 5.74) is 6.15. The Hall–Kier alpha value is -0.630. The Labute approximate surface area is 116 Å². The van der Waals surface area contributed by atoms with E-state index in [0.29, 0.717) is 29.9 Å². The lowest BCUT2D eigenvalue weighted by Gasteiger charge is -2.20. The van der Waals surface area contributed by atoms with E-state index in [1.165, 1.54) is 16.4 Å². The second kappa shape index (κ2) is 6.51. The number of benzene rings is 1. The molecule has 102 valence electrons. The van der Waals surface area contributed by atoms with E-state index in [9.17, 15) is 8.42 Å². The third kappa shape index (κ3) is 3.44. The summed E-state index contributed by atoms with van der Waals surface area (Å²) in [6.45, 7) is 2.88. The molecule has 0 radical (unpaired) electrons. The average Bonchev–Trinajstić information content (AvgIpc) is 2.33. The fraction of sp³-hybridized carbons (Fsp3) is 0.455. The summed E-state index contributed by atoms with van der Waals surface area (Å²) in [7, 11) is -1.95. The third-order valence-electron chi connectivity index (χ3n) is 2.51. The van der Waals surface area contributed by atoms with E-state index in [-0.39, 0.29) is 4.90 Å². The predicted octanol–water partition coefficient (Wildman–Crippen LogP) is 1.69. The fourth-order valence-electron chi connectivity index (χ4n) is 1.46. The van der Waals surface area contributed by atoms with Crippen LogP contribution < -0.4 is 5.73 Å². The Morgan fingerprint density at radius 1 is 1.44 bits per heavy atom. The van der Waals surface area contributed by atoms with E-state index >= 15 is 0 Å². The first-order valence-corrected chi connectivity index (χ1v) is 7.71. The van der Waals surface area contributed by atoms with Crippen molar-refractivity contribution in [2.75, 3.05) is 32.5 Å². The highest BCUT2D eigenvalue weighted by atomic mass is 79.9. The second-order valence-corrected chi connectivity index (χ2v) is 6.47. The lowest BCUT2D eigenvalue weighted by atomic mass is 10.3. The summed E-state index contributed by atoms with van der Waals surface area (Å²) in [4.78, 5) is 0.224. The molecule has 0 unspecified atom stereocenters. The van der Waals surface area contributed by atoms with Gasteiger partial charge in [-0.2, -0.15) is 4.31 Å². The van der Waals surface area contributed by atoms with Crippen molar-refractivity contribution in [1.29, 1.82) is 0 Å². The zero-order valence-corrected chi connectivity index (χ0v) is 12.8. The maximum Gasteiger partial charge on any atom is 0.243 e. The number of nitrogen functional groups attached to an aromatic ring is 1. The van der Waals surface area contributed by atoms with Crippen molar-refractivity contribution >= 4 is 31.6 Å². The summed E-state index contributed by atoms with van der Waals surface area (Å²) in [5.74, 6) is 0.